The molecule has 1 aromatic carbocycles. The maximum absolute atomic E-state index is 8.93. The van der Waals surface area contributed by atoms with E-state index < -0.39 is 0 Å². The summed E-state index contributed by atoms with van der Waals surface area (Å²) in [5.74, 6) is 0.798. The molecular weight excluding hydrogens is 252 g/mol. The van der Waals surface area contributed by atoms with Gasteiger partial charge in [-0.05, 0) is 30.7 Å². The summed E-state index contributed by atoms with van der Waals surface area (Å²) in [5.41, 5.74) is 2.79. The number of nitrogens with zero attached hydrogens (tertiary/aromatic N) is 3. The third kappa shape index (κ3) is 3.59. The number of ether oxygens (including phenoxy) is 1. The highest BCUT2D eigenvalue weighted by atomic mass is 16.5. The minimum Gasteiger partial charge on any atom is -0.496 e. The Kier molecular flexibility index (Phi) is 4.75. The second-order valence-corrected chi connectivity index (χ2v) is 4.60. The molecule has 1 aromatic heterocycles. The van der Waals surface area contributed by atoms with Crippen LogP contribution in [0.25, 0.3) is 0 Å². The highest BCUT2D eigenvalue weighted by molar-refractivity contribution is 5.41. The van der Waals surface area contributed by atoms with Gasteiger partial charge in [0.25, 0.3) is 0 Å². The van der Waals surface area contributed by atoms with Crippen molar-refractivity contribution in [1.29, 1.82) is 5.26 Å². The molecule has 0 aliphatic heterocycles. The molecule has 5 heteroatoms. The number of aromatic nitrogens is 2. The van der Waals surface area contributed by atoms with Crippen molar-refractivity contribution in [3.63, 3.8) is 0 Å². The lowest BCUT2D eigenvalue weighted by atomic mass is 10.1. The average molecular weight is 270 g/mol. The van der Waals surface area contributed by atoms with Crippen molar-refractivity contribution in [1.82, 2.24) is 15.1 Å². The van der Waals surface area contributed by atoms with Crippen LogP contribution >= 0.6 is 0 Å². The van der Waals surface area contributed by atoms with Crippen LogP contribution < -0.4 is 10.1 Å². The molecular formula is C15H18N4O. The molecule has 5 nitrogen and oxygen atoms in total. The van der Waals surface area contributed by atoms with E-state index in [0.29, 0.717) is 12.1 Å². The van der Waals surface area contributed by atoms with Gasteiger partial charge in [-0.15, -0.1) is 0 Å². The zero-order valence-corrected chi connectivity index (χ0v) is 11.8. The van der Waals surface area contributed by atoms with Gasteiger partial charge in [0, 0.05) is 24.8 Å². The van der Waals surface area contributed by atoms with Crippen molar-refractivity contribution in [3.8, 4) is 11.8 Å². The number of aryl methyl sites for hydroxylation is 1. The van der Waals surface area contributed by atoms with E-state index in [1.54, 1.807) is 13.2 Å². The normalized spacial score (nSPS) is 10.2. The molecule has 1 N–H and O–H groups in total. The maximum Gasteiger partial charge on any atom is 0.123 e. The first-order valence-electron chi connectivity index (χ1n) is 6.49. The monoisotopic (exact) mass is 270 g/mol. The van der Waals surface area contributed by atoms with Crippen LogP contribution in [0, 0.1) is 18.3 Å². The lowest BCUT2D eigenvalue weighted by Crippen LogP contribution is -2.20. The first-order chi connectivity index (χ1) is 9.72. The molecule has 0 saturated carbocycles. The largest absolute Gasteiger partial charge is 0.496 e. The summed E-state index contributed by atoms with van der Waals surface area (Å²) in [6, 6.07) is 7.58. The molecule has 0 amide bonds. The Morgan fingerprint density at radius 3 is 2.95 bits per heavy atom. The molecule has 0 aliphatic rings. The van der Waals surface area contributed by atoms with Crippen LogP contribution in [0.2, 0.25) is 0 Å². The quantitative estimate of drug-likeness (QED) is 0.814. The summed E-state index contributed by atoms with van der Waals surface area (Å²) < 4.78 is 7.20. The fourth-order valence-electron chi connectivity index (χ4n) is 1.99. The summed E-state index contributed by atoms with van der Waals surface area (Å²) in [6.45, 7) is 4.31. The summed E-state index contributed by atoms with van der Waals surface area (Å²) >= 11 is 0. The number of hydrogen-bond donors (Lipinski definition) is 1. The Hall–Kier alpha value is -2.32. The highest BCUT2D eigenvalue weighted by Crippen LogP contribution is 2.19. The number of nitrogens with one attached hydrogen (secondary N) is 1. The summed E-state index contributed by atoms with van der Waals surface area (Å²) in [5, 5.41) is 16.5. The van der Waals surface area contributed by atoms with Crippen LogP contribution in [0.15, 0.2) is 30.6 Å². The molecule has 2 rings (SSSR count). The minimum atomic E-state index is 0.644. The third-order valence-electron chi connectivity index (χ3n) is 3.00. The van der Waals surface area contributed by atoms with Gasteiger partial charge in [0.05, 0.1) is 31.5 Å². The molecule has 2 aromatic rings. The molecule has 0 unspecified atom stereocenters. The molecule has 0 aliphatic carbocycles. The fourth-order valence-corrected chi connectivity index (χ4v) is 1.99. The van der Waals surface area contributed by atoms with E-state index in [0.717, 1.165) is 30.0 Å². The predicted molar refractivity (Wildman–Crippen MR) is 76.4 cm³/mol. The van der Waals surface area contributed by atoms with Crippen LogP contribution in [0.3, 0.4) is 0 Å². The standard InChI is InChI=1S/C15H18N4O/c1-12-9-18-19(11-12)6-5-17-10-14-7-13(8-16)3-4-15(14)20-2/h3-4,7,9,11,17H,5-6,10H2,1-2H3. The van der Waals surface area contributed by atoms with Gasteiger partial charge in [-0.2, -0.15) is 10.4 Å². The van der Waals surface area contributed by atoms with E-state index in [1.807, 2.05) is 36.1 Å². The topological polar surface area (TPSA) is 62.9 Å². The molecule has 1 heterocycles. The summed E-state index contributed by atoms with van der Waals surface area (Å²) in [4.78, 5) is 0. The Bertz CT molecular complexity index is 613. The molecule has 20 heavy (non-hydrogen) atoms. The number of rotatable bonds is 6. The number of methoxy groups -OCH3 is 1. The molecule has 0 bridgehead atoms. The smallest absolute Gasteiger partial charge is 0.123 e. The van der Waals surface area contributed by atoms with Gasteiger partial charge in [-0.1, -0.05) is 0 Å². The SMILES string of the molecule is COc1ccc(C#N)cc1CNCCn1cc(C)cn1. The number of benzene rings is 1. The predicted octanol–water partition coefficient (Wildman–Crippen LogP) is 1.86. The Morgan fingerprint density at radius 1 is 1.45 bits per heavy atom. The van der Waals surface area contributed by atoms with Crippen molar-refractivity contribution < 1.29 is 4.74 Å². The number of hydrogen-bond acceptors (Lipinski definition) is 4. The van der Waals surface area contributed by atoms with Gasteiger partial charge in [0.2, 0.25) is 0 Å². The van der Waals surface area contributed by atoms with E-state index in [-0.39, 0.29) is 0 Å². The average Bonchev–Trinajstić information content (AvgIpc) is 2.89. The first-order valence-corrected chi connectivity index (χ1v) is 6.49. The zero-order chi connectivity index (χ0) is 14.4. The molecule has 104 valence electrons. The maximum atomic E-state index is 8.93. The first kappa shape index (κ1) is 14.1. The summed E-state index contributed by atoms with van der Waals surface area (Å²) in [6.07, 6.45) is 3.86. The van der Waals surface area contributed by atoms with Crippen LogP contribution in [0.1, 0.15) is 16.7 Å². The van der Waals surface area contributed by atoms with Crippen molar-refractivity contribution in [2.45, 2.75) is 20.0 Å². The van der Waals surface area contributed by atoms with Gasteiger partial charge in [0.15, 0.2) is 0 Å². The molecule has 0 radical (unpaired) electrons. The van der Waals surface area contributed by atoms with Crippen molar-refractivity contribution in [2.75, 3.05) is 13.7 Å². The fraction of sp³-hybridized carbons (Fsp3) is 0.333. The van der Waals surface area contributed by atoms with Crippen LogP contribution in [0.5, 0.6) is 5.75 Å². The van der Waals surface area contributed by atoms with E-state index in [9.17, 15) is 0 Å². The van der Waals surface area contributed by atoms with Crippen molar-refractivity contribution in [3.05, 3.63) is 47.3 Å². The van der Waals surface area contributed by atoms with Gasteiger partial charge in [-0.25, -0.2) is 0 Å². The van der Waals surface area contributed by atoms with Crippen LogP contribution in [-0.4, -0.2) is 23.4 Å². The van der Waals surface area contributed by atoms with Crippen LogP contribution in [0.4, 0.5) is 0 Å². The van der Waals surface area contributed by atoms with Crippen molar-refractivity contribution >= 4 is 0 Å². The van der Waals surface area contributed by atoms with Crippen molar-refractivity contribution in [2.24, 2.45) is 0 Å². The lowest BCUT2D eigenvalue weighted by Gasteiger charge is -2.10. The Labute approximate surface area is 118 Å². The number of nitriles is 1. The second-order valence-electron chi connectivity index (χ2n) is 4.60. The molecule has 0 spiro atoms. The molecule has 0 atom stereocenters. The van der Waals surface area contributed by atoms with E-state index >= 15 is 0 Å². The lowest BCUT2D eigenvalue weighted by molar-refractivity contribution is 0.407. The van der Waals surface area contributed by atoms with E-state index in [4.69, 9.17) is 10.00 Å². The second kappa shape index (κ2) is 6.73. The van der Waals surface area contributed by atoms with Crippen LogP contribution in [-0.2, 0) is 13.1 Å². The third-order valence-corrected chi connectivity index (χ3v) is 3.00. The molecule has 0 fully saturated rings. The van der Waals surface area contributed by atoms with Gasteiger partial charge < -0.3 is 10.1 Å². The summed E-state index contributed by atoms with van der Waals surface area (Å²) in [7, 11) is 1.64. The highest BCUT2D eigenvalue weighted by Gasteiger charge is 2.04. The Balaban J connectivity index is 1.88. The Morgan fingerprint density at radius 2 is 2.30 bits per heavy atom. The van der Waals surface area contributed by atoms with Gasteiger partial charge in [-0.3, -0.25) is 4.68 Å². The van der Waals surface area contributed by atoms with Gasteiger partial charge in [0.1, 0.15) is 5.75 Å². The molecule has 0 saturated heterocycles. The van der Waals surface area contributed by atoms with E-state index in [2.05, 4.69) is 16.5 Å². The minimum absolute atomic E-state index is 0.644. The van der Waals surface area contributed by atoms with Gasteiger partial charge >= 0.3 is 0 Å². The zero-order valence-electron chi connectivity index (χ0n) is 11.8. The van der Waals surface area contributed by atoms with E-state index in [1.165, 1.54) is 0 Å².